The number of amides is 2. The molecule has 0 saturated carbocycles. The van der Waals surface area contributed by atoms with Gasteiger partial charge in [-0.05, 0) is 5.56 Å². The molecule has 0 aliphatic carbocycles. The first-order valence-electron chi connectivity index (χ1n) is 6.35. The number of urea groups is 1. The van der Waals surface area contributed by atoms with E-state index in [0.717, 1.165) is 5.56 Å². The minimum atomic E-state index is -0.207. The molecule has 2 atom stereocenters. The van der Waals surface area contributed by atoms with E-state index >= 15 is 0 Å². The lowest BCUT2D eigenvalue weighted by atomic mass is 10.2. The zero-order valence-corrected chi connectivity index (χ0v) is 11.3. The Balaban J connectivity index is 1.64. The second-order valence-electron chi connectivity index (χ2n) is 4.77. The molecule has 0 spiro atoms. The number of aliphatic imine (C=N–C) groups is 1. The standard InChI is InChI=1S/C13H16N6O/c1-18-10-11(19(2)13(18)20)16-12(15-10)17-14-8-9-6-4-3-5-7-9/h3-8,10-11H,1-2H3,(H2,15,16,17)/b14-8+. The van der Waals surface area contributed by atoms with Gasteiger partial charge >= 0.3 is 6.03 Å². The monoisotopic (exact) mass is 272 g/mol. The molecule has 1 aromatic carbocycles. The van der Waals surface area contributed by atoms with Gasteiger partial charge in [0.05, 0.1) is 6.21 Å². The van der Waals surface area contributed by atoms with Gasteiger partial charge in [0.1, 0.15) is 6.17 Å². The average Bonchev–Trinajstić information content (AvgIpc) is 2.97. The Morgan fingerprint density at radius 1 is 1.30 bits per heavy atom. The third-order valence-electron chi connectivity index (χ3n) is 3.43. The fourth-order valence-electron chi connectivity index (χ4n) is 2.30. The van der Waals surface area contributed by atoms with E-state index in [2.05, 4.69) is 20.8 Å². The number of hydrogen-bond donors (Lipinski definition) is 2. The lowest BCUT2D eigenvalue weighted by molar-refractivity contribution is 0.198. The molecule has 7 nitrogen and oxygen atoms in total. The summed E-state index contributed by atoms with van der Waals surface area (Å²) in [4.78, 5) is 19.4. The highest BCUT2D eigenvalue weighted by Gasteiger charge is 2.45. The maximum Gasteiger partial charge on any atom is 0.323 e. The summed E-state index contributed by atoms with van der Waals surface area (Å²) < 4.78 is 0. The van der Waals surface area contributed by atoms with Crippen molar-refractivity contribution in [2.45, 2.75) is 12.3 Å². The molecular formula is C13H16N6O. The third-order valence-corrected chi connectivity index (χ3v) is 3.43. The highest BCUT2D eigenvalue weighted by atomic mass is 16.2. The molecule has 20 heavy (non-hydrogen) atoms. The summed E-state index contributed by atoms with van der Waals surface area (Å²) in [5, 5.41) is 7.27. The van der Waals surface area contributed by atoms with Crippen LogP contribution in [0.4, 0.5) is 4.79 Å². The third kappa shape index (κ3) is 2.07. The van der Waals surface area contributed by atoms with Crippen molar-refractivity contribution in [3.8, 4) is 0 Å². The Bertz CT molecular complexity index is 569. The van der Waals surface area contributed by atoms with E-state index < -0.39 is 0 Å². The van der Waals surface area contributed by atoms with Crippen molar-refractivity contribution in [3.63, 3.8) is 0 Å². The van der Waals surface area contributed by atoms with Gasteiger partial charge in [-0.3, -0.25) is 0 Å². The number of carbonyl (C=O) groups is 1. The largest absolute Gasteiger partial charge is 0.331 e. The van der Waals surface area contributed by atoms with Crippen LogP contribution >= 0.6 is 0 Å². The van der Waals surface area contributed by atoms with Crippen LogP contribution in [0.1, 0.15) is 5.56 Å². The van der Waals surface area contributed by atoms with E-state index in [0.29, 0.717) is 5.96 Å². The number of nitrogens with one attached hydrogen (secondary N) is 2. The molecule has 1 saturated heterocycles. The second-order valence-corrected chi connectivity index (χ2v) is 4.77. The van der Waals surface area contributed by atoms with Crippen LogP contribution in [0.2, 0.25) is 0 Å². The molecule has 2 aliphatic heterocycles. The fraction of sp³-hybridized carbons (Fsp3) is 0.308. The smallest absolute Gasteiger partial charge is 0.323 e. The van der Waals surface area contributed by atoms with E-state index in [1.165, 1.54) is 0 Å². The Labute approximate surface area is 117 Å². The summed E-state index contributed by atoms with van der Waals surface area (Å²) in [6, 6.07) is 9.74. The Kier molecular flexibility index (Phi) is 3.02. The van der Waals surface area contributed by atoms with Crippen molar-refractivity contribution < 1.29 is 4.79 Å². The van der Waals surface area contributed by atoms with E-state index in [-0.39, 0.29) is 18.4 Å². The van der Waals surface area contributed by atoms with Crippen molar-refractivity contribution in [1.82, 2.24) is 20.5 Å². The summed E-state index contributed by atoms with van der Waals surface area (Å²) in [6.07, 6.45) is 1.38. The van der Waals surface area contributed by atoms with Crippen LogP contribution in [0.5, 0.6) is 0 Å². The number of hydrazone groups is 1. The summed E-state index contributed by atoms with van der Waals surface area (Å²) >= 11 is 0. The molecule has 0 radical (unpaired) electrons. The minimum absolute atomic E-state index is 0.0388. The Hall–Kier alpha value is -2.57. The molecule has 1 aromatic rings. The number of carbonyl (C=O) groups excluding carboxylic acids is 1. The first kappa shape index (κ1) is 12.5. The van der Waals surface area contributed by atoms with Gasteiger partial charge in [-0.2, -0.15) is 5.10 Å². The predicted octanol–water partition coefficient (Wildman–Crippen LogP) is 0.219. The van der Waals surface area contributed by atoms with Crippen LogP contribution < -0.4 is 10.7 Å². The van der Waals surface area contributed by atoms with Crippen molar-refractivity contribution in [3.05, 3.63) is 35.9 Å². The molecule has 2 aliphatic rings. The van der Waals surface area contributed by atoms with Crippen LogP contribution in [0.25, 0.3) is 0 Å². The zero-order chi connectivity index (χ0) is 14.1. The van der Waals surface area contributed by atoms with Gasteiger partial charge < -0.3 is 15.1 Å². The Morgan fingerprint density at radius 3 is 2.75 bits per heavy atom. The van der Waals surface area contributed by atoms with Crippen LogP contribution in [-0.2, 0) is 0 Å². The molecule has 0 bridgehead atoms. The maximum absolute atomic E-state index is 11.7. The van der Waals surface area contributed by atoms with E-state index in [9.17, 15) is 4.79 Å². The number of nitrogens with zero attached hydrogens (tertiary/aromatic N) is 4. The molecule has 7 heteroatoms. The first-order chi connectivity index (χ1) is 9.66. The Morgan fingerprint density at radius 2 is 2.05 bits per heavy atom. The summed E-state index contributed by atoms with van der Waals surface area (Å²) in [6.45, 7) is 0. The van der Waals surface area contributed by atoms with Crippen molar-refractivity contribution >= 4 is 18.2 Å². The van der Waals surface area contributed by atoms with Gasteiger partial charge in [0, 0.05) is 14.1 Å². The number of fused-ring (bicyclic) bond motifs is 1. The fourth-order valence-corrected chi connectivity index (χ4v) is 2.30. The number of guanidine groups is 1. The number of likely N-dealkylation sites (N-methyl/N-ethyl adjacent to an activating group) is 2. The van der Waals surface area contributed by atoms with Gasteiger partial charge in [0.25, 0.3) is 0 Å². The van der Waals surface area contributed by atoms with Crippen LogP contribution in [0.15, 0.2) is 40.4 Å². The average molecular weight is 272 g/mol. The highest BCUT2D eigenvalue weighted by molar-refractivity contribution is 5.87. The summed E-state index contributed by atoms with van der Waals surface area (Å²) in [5.74, 6) is 0.568. The molecule has 2 amide bonds. The lowest BCUT2D eigenvalue weighted by Crippen LogP contribution is -2.45. The minimum Gasteiger partial charge on any atom is -0.331 e. The highest BCUT2D eigenvalue weighted by Crippen LogP contribution is 2.22. The molecule has 0 aromatic heterocycles. The van der Waals surface area contributed by atoms with Gasteiger partial charge in [0.15, 0.2) is 6.17 Å². The van der Waals surface area contributed by atoms with E-state index in [1.807, 2.05) is 30.3 Å². The molecule has 2 N–H and O–H groups in total. The molecule has 3 rings (SSSR count). The van der Waals surface area contributed by atoms with Crippen molar-refractivity contribution in [2.75, 3.05) is 14.1 Å². The topological polar surface area (TPSA) is 72.3 Å². The van der Waals surface area contributed by atoms with Crippen LogP contribution in [0.3, 0.4) is 0 Å². The molecule has 1 fully saturated rings. The first-order valence-corrected chi connectivity index (χ1v) is 6.35. The van der Waals surface area contributed by atoms with E-state index in [4.69, 9.17) is 0 Å². The van der Waals surface area contributed by atoms with Crippen molar-refractivity contribution in [1.29, 1.82) is 0 Å². The predicted molar refractivity (Wildman–Crippen MR) is 76.2 cm³/mol. The molecular weight excluding hydrogens is 256 g/mol. The quantitative estimate of drug-likeness (QED) is 0.597. The van der Waals surface area contributed by atoms with Gasteiger partial charge in [-0.1, -0.05) is 30.3 Å². The number of benzene rings is 1. The maximum atomic E-state index is 11.7. The van der Waals surface area contributed by atoms with Crippen molar-refractivity contribution in [2.24, 2.45) is 10.1 Å². The number of rotatable bonds is 2. The van der Waals surface area contributed by atoms with E-state index in [1.54, 1.807) is 30.1 Å². The SMILES string of the molecule is CN1C(=O)N(C)C2NC(N/N=C/c3ccccc3)=NC21. The summed E-state index contributed by atoms with van der Waals surface area (Å²) in [5.41, 5.74) is 3.86. The lowest BCUT2D eigenvalue weighted by Gasteiger charge is -2.16. The second kappa shape index (κ2) is 4.84. The number of hydrogen-bond acceptors (Lipinski definition) is 5. The normalized spacial score (nSPS) is 24.9. The molecule has 2 unspecified atom stereocenters. The molecule has 2 heterocycles. The molecule has 104 valence electrons. The summed E-state index contributed by atoms with van der Waals surface area (Å²) in [7, 11) is 3.49. The van der Waals surface area contributed by atoms with Crippen LogP contribution in [0, 0.1) is 0 Å². The van der Waals surface area contributed by atoms with Gasteiger partial charge in [0.2, 0.25) is 5.96 Å². The zero-order valence-electron chi connectivity index (χ0n) is 11.3. The van der Waals surface area contributed by atoms with Crippen LogP contribution in [-0.4, -0.2) is 54.4 Å². The van der Waals surface area contributed by atoms with Gasteiger partial charge in [-0.15, -0.1) is 0 Å². The van der Waals surface area contributed by atoms with Gasteiger partial charge in [-0.25, -0.2) is 15.2 Å².